The van der Waals surface area contributed by atoms with Crippen LogP contribution in [0, 0.1) is 18.6 Å². The van der Waals surface area contributed by atoms with Crippen LogP contribution < -0.4 is 10.6 Å². The Morgan fingerprint density at radius 1 is 1.12 bits per heavy atom. The Kier molecular flexibility index (Phi) is 7.15. The van der Waals surface area contributed by atoms with Crippen LogP contribution in [0.3, 0.4) is 0 Å². The SMILES string of the molecule is C=CC(=O)N1CCN(c2nc(=O)n(-c3c(C)ccnc3S(C)(=O)=O)c3nc(-c4ccccc4F)c(F)cc23)[C@@H](C)C1. The Bertz CT molecular complexity index is 1890. The Morgan fingerprint density at radius 3 is 2.51 bits per heavy atom. The summed E-state index contributed by atoms with van der Waals surface area (Å²) in [7, 11) is -3.94. The van der Waals surface area contributed by atoms with E-state index in [0.29, 0.717) is 18.7 Å². The molecule has 10 nitrogen and oxygen atoms in total. The van der Waals surface area contributed by atoms with E-state index in [4.69, 9.17) is 0 Å². The summed E-state index contributed by atoms with van der Waals surface area (Å²) >= 11 is 0. The van der Waals surface area contributed by atoms with Crippen LogP contribution in [-0.2, 0) is 14.6 Å². The normalized spacial score (nSPS) is 15.8. The van der Waals surface area contributed by atoms with E-state index in [1.165, 1.54) is 36.5 Å². The second kappa shape index (κ2) is 10.5. The number of rotatable bonds is 5. The van der Waals surface area contributed by atoms with Crippen molar-refractivity contribution >= 4 is 32.6 Å². The van der Waals surface area contributed by atoms with Crippen molar-refractivity contribution in [3.8, 4) is 16.9 Å². The molecule has 0 radical (unpaired) electrons. The molecule has 0 N–H and O–H groups in total. The van der Waals surface area contributed by atoms with Gasteiger partial charge in [-0.3, -0.25) is 4.79 Å². The van der Waals surface area contributed by atoms with E-state index < -0.39 is 27.2 Å². The number of benzene rings is 1. The second-order valence-electron chi connectivity index (χ2n) is 9.81. The van der Waals surface area contributed by atoms with E-state index in [2.05, 4.69) is 21.5 Å². The maximum Gasteiger partial charge on any atom is 0.355 e. The van der Waals surface area contributed by atoms with Gasteiger partial charge in [0.1, 0.15) is 23.1 Å². The zero-order chi connectivity index (χ0) is 29.6. The molecule has 4 aromatic rings. The zero-order valence-electron chi connectivity index (χ0n) is 22.5. The molecule has 0 spiro atoms. The molecule has 3 aromatic heterocycles. The smallest absolute Gasteiger partial charge is 0.350 e. The molecule has 0 saturated carbocycles. The minimum Gasteiger partial charge on any atom is -0.350 e. The van der Waals surface area contributed by atoms with Gasteiger partial charge in [-0.1, -0.05) is 18.7 Å². The van der Waals surface area contributed by atoms with Crippen LogP contribution in [0.15, 0.2) is 65.1 Å². The average molecular weight is 581 g/mol. The minimum absolute atomic E-state index is 0.0860. The standard InChI is InChI=1S/C28H26F2N6O4S/c1-5-22(37)34-12-13-35(17(3)15-34)25-19-14-21(30)23(18-8-6-7-9-20(18)29)32-26(19)36(28(38)33-25)24-16(2)10-11-31-27(24)41(4,39)40/h5-11,14,17H,1,12-13,15H2,2-4H3/t17-/m0/s1. The number of amides is 1. The van der Waals surface area contributed by atoms with Crippen molar-refractivity contribution in [2.75, 3.05) is 30.8 Å². The Hall–Kier alpha value is -4.52. The van der Waals surface area contributed by atoms with E-state index in [-0.39, 0.29) is 57.3 Å². The number of piperazine rings is 1. The molecule has 4 heterocycles. The summed E-state index contributed by atoms with van der Waals surface area (Å²) in [6, 6.07) is 7.78. The summed E-state index contributed by atoms with van der Waals surface area (Å²) in [5.41, 5.74) is -1.22. The number of halogens is 2. The maximum atomic E-state index is 15.7. The molecule has 212 valence electrons. The molecule has 1 saturated heterocycles. The highest BCUT2D eigenvalue weighted by molar-refractivity contribution is 7.90. The van der Waals surface area contributed by atoms with Gasteiger partial charge in [0.2, 0.25) is 5.91 Å². The number of nitrogens with zero attached hydrogens (tertiary/aromatic N) is 6. The fourth-order valence-corrected chi connectivity index (χ4v) is 5.89. The van der Waals surface area contributed by atoms with Gasteiger partial charge in [-0.2, -0.15) is 4.98 Å². The van der Waals surface area contributed by atoms with Crippen LogP contribution in [0.25, 0.3) is 28.0 Å². The highest BCUT2D eigenvalue weighted by Gasteiger charge is 2.31. The van der Waals surface area contributed by atoms with E-state index in [1.807, 2.05) is 6.92 Å². The first-order valence-electron chi connectivity index (χ1n) is 12.6. The molecular formula is C28H26F2N6O4S. The molecule has 41 heavy (non-hydrogen) atoms. The molecule has 1 fully saturated rings. The number of aryl methyl sites for hydroxylation is 1. The maximum absolute atomic E-state index is 15.7. The fraction of sp³-hybridized carbons (Fsp3) is 0.250. The first-order chi connectivity index (χ1) is 19.4. The largest absolute Gasteiger partial charge is 0.355 e. The molecule has 1 atom stereocenters. The Labute approximate surface area is 234 Å². The zero-order valence-corrected chi connectivity index (χ0v) is 23.3. The summed E-state index contributed by atoms with van der Waals surface area (Å²) in [5.74, 6) is -1.73. The van der Waals surface area contributed by atoms with Crippen molar-refractivity contribution in [3.63, 3.8) is 0 Å². The van der Waals surface area contributed by atoms with E-state index in [1.54, 1.807) is 16.7 Å². The number of aromatic nitrogens is 4. The molecular weight excluding hydrogens is 554 g/mol. The van der Waals surface area contributed by atoms with Gasteiger partial charge in [0.25, 0.3) is 0 Å². The van der Waals surface area contributed by atoms with Gasteiger partial charge in [-0.05, 0) is 49.8 Å². The topological polar surface area (TPSA) is 118 Å². The van der Waals surface area contributed by atoms with Crippen LogP contribution in [0.2, 0.25) is 0 Å². The number of carbonyl (C=O) groups excluding carboxylic acids is 1. The van der Waals surface area contributed by atoms with Crippen molar-refractivity contribution in [2.45, 2.75) is 24.9 Å². The number of carbonyl (C=O) groups is 1. The first kappa shape index (κ1) is 28.0. The lowest BCUT2D eigenvalue weighted by Crippen LogP contribution is -2.54. The number of hydrogen-bond acceptors (Lipinski definition) is 8. The van der Waals surface area contributed by atoms with Crippen molar-refractivity contribution < 1.29 is 22.0 Å². The molecule has 1 amide bonds. The fourth-order valence-electron chi connectivity index (χ4n) is 5.04. The van der Waals surface area contributed by atoms with Gasteiger partial charge < -0.3 is 9.80 Å². The number of pyridine rings is 2. The predicted octanol–water partition coefficient (Wildman–Crippen LogP) is 3.06. The number of fused-ring (bicyclic) bond motifs is 1. The predicted molar refractivity (Wildman–Crippen MR) is 150 cm³/mol. The lowest BCUT2D eigenvalue weighted by Gasteiger charge is -2.40. The van der Waals surface area contributed by atoms with Gasteiger partial charge >= 0.3 is 5.69 Å². The third-order valence-corrected chi connectivity index (χ3v) is 7.98. The third-order valence-electron chi connectivity index (χ3n) is 6.98. The van der Waals surface area contributed by atoms with Gasteiger partial charge in [0.15, 0.2) is 20.5 Å². The highest BCUT2D eigenvalue weighted by Crippen LogP contribution is 2.33. The molecule has 5 rings (SSSR count). The Balaban J connectivity index is 1.84. The summed E-state index contributed by atoms with van der Waals surface area (Å²) in [6.07, 6.45) is 3.47. The lowest BCUT2D eigenvalue weighted by molar-refractivity contribution is -0.126. The number of hydrogen-bond donors (Lipinski definition) is 0. The summed E-state index contributed by atoms with van der Waals surface area (Å²) in [4.78, 5) is 42.0. The first-order valence-corrected chi connectivity index (χ1v) is 14.5. The van der Waals surface area contributed by atoms with E-state index in [9.17, 15) is 22.4 Å². The molecule has 1 aliphatic rings. The quantitative estimate of drug-likeness (QED) is 0.331. The minimum atomic E-state index is -3.94. The number of sulfone groups is 1. The van der Waals surface area contributed by atoms with Crippen molar-refractivity contribution in [3.05, 3.63) is 82.9 Å². The van der Waals surface area contributed by atoms with Gasteiger partial charge in [-0.15, -0.1) is 0 Å². The van der Waals surface area contributed by atoms with Crippen LogP contribution in [0.4, 0.5) is 14.6 Å². The lowest BCUT2D eigenvalue weighted by atomic mass is 10.1. The molecule has 13 heteroatoms. The Morgan fingerprint density at radius 2 is 1.85 bits per heavy atom. The monoisotopic (exact) mass is 580 g/mol. The molecule has 1 aliphatic heterocycles. The van der Waals surface area contributed by atoms with Gasteiger partial charge in [0.05, 0.1) is 11.1 Å². The van der Waals surface area contributed by atoms with Crippen molar-refractivity contribution in [2.24, 2.45) is 0 Å². The van der Waals surface area contributed by atoms with Crippen molar-refractivity contribution in [1.82, 2.24) is 24.4 Å². The van der Waals surface area contributed by atoms with E-state index in [0.717, 1.165) is 23.0 Å². The summed E-state index contributed by atoms with van der Waals surface area (Å²) < 4.78 is 56.8. The van der Waals surface area contributed by atoms with Crippen LogP contribution in [0.1, 0.15) is 12.5 Å². The average Bonchev–Trinajstić information content (AvgIpc) is 2.92. The van der Waals surface area contributed by atoms with Gasteiger partial charge in [0, 0.05) is 43.7 Å². The molecule has 0 unspecified atom stereocenters. The summed E-state index contributed by atoms with van der Waals surface area (Å²) in [6.45, 7) is 7.80. The molecule has 0 aliphatic carbocycles. The third kappa shape index (κ3) is 4.97. The number of anilines is 1. The second-order valence-corrected chi connectivity index (χ2v) is 11.7. The van der Waals surface area contributed by atoms with Gasteiger partial charge in [-0.25, -0.2) is 36.5 Å². The van der Waals surface area contributed by atoms with Crippen LogP contribution in [0.5, 0.6) is 0 Å². The van der Waals surface area contributed by atoms with Crippen LogP contribution >= 0.6 is 0 Å². The molecule has 0 bridgehead atoms. The highest BCUT2D eigenvalue weighted by atomic mass is 32.2. The van der Waals surface area contributed by atoms with Crippen molar-refractivity contribution in [1.29, 1.82) is 0 Å². The molecule has 1 aromatic carbocycles. The van der Waals surface area contributed by atoms with E-state index >= 15 is 4.39 Å². The van der Waals surface area contributed by atoms with Crippen LogP contribution in [-0.4, -0.2) is 70.7 Å². The summed E-state index contributed by atoms with van der Waals surface area (Å²) in [5, 5.41) is -0.292.